The molecule has 0 amide bonds. The van der Waals surface area contributed by atoms with Crippen molar-refractivity contribution in [3.8, 4) is 5.75 Å². The van der Waals surface area contributed by atoms with E-state index in [0.29, 0.717) is 0 Å². The molecular weight excluding hydrogens is 285 g/mol. The van der Waals surface area contributed by atoms with Crippen molar-refractivity contribution >= 4 is 5.97 Å². The van der Waals surface area contributed by atoms with E-state index in [0.717, 1.165) is 6.07 Å². The van der Waals surface area contributed by atoms with Gasteiger partial charge in [-0.3, -0.25) is 0 Å². The Balaban J connectivity index is 2.24. The van der Waals surface area contributed by atoms with Crippen molar-refractivity contribution in [2.45, 2.75) is 12.8 Å². The number of carbonyl (C=O) groups is 1. The van der Waals surface area contributed by atoms with E-state index in [2.05, 4.69) is 0 Å². The van der Waals surface area contributed by atoms with Crippen molar-refractivity contribution in [3.63, 3.8) is 0 Å². The van der Waals surface area contributed by atoms with Crippen LogP contribution in [0.5, 0.6) is 5.75 Å². The second-order valence-corrected chi connectivity index (χ2v) is 4.24. The Morgan fingerprint density at radius 1 is 1.05 bits per heavy atom. The predicted molar refractivity (Wildman–Crippen MR) is 69.2 cm³/mol. The van der Waals surface area contributed by atoms with Crippen molar-refractivity contribution in [2.75, 3.05) is 0 Å². The Morgan fingerprint density at radius 2 is 1.67 bits per heavy atom. The van der Waals surface area contributed by atoms with Crippen LogP contribution in [0.2, 0.25) is 0 Å². The quantitative estimate of drug-likeness (QED) is 0.928. The first-order valence-electron chi connectivity index (χ1n) is 6.00. The number of hydrogen-bond acceptors (Lipinski definition) is 2. The van der Waals surface area contributed by atoms with Crippen LogP contribution in [0.3, 0.4) is 0 Å². The van der Waals surface area contributed by atoms with E-state index < -0.39 is 17.7 Å². The van der Waals surface area contributed by atoms with E-state index in [1.165, 1.54) is 36.4 Å². The Kier molecular flexibility index (Phi) is 4.16. The van der Waals surface area contributed by atoms with Gasteiger partial charge in [0.05, 0.1) is 5.56 Å². The molecule has 0 heterocycles. The molecule has 0 spiro atoms. The summed E-state index contributed by atoms with van der Waals surface area (Å²) in [6.07, 6.45) is -4.48. The van der Waals surface area contributed by atoms with Gasteiger partial charge in [0, 0.05) is 5.56 Å². The number of aromatic carboxylic acids is 1. The van der Waals surface area contributed by atoms with Gasteiger partial charge in [-0.05, 0) is 18.2 Å². The molecule has 0 aliphatic carbocycles. The smallest absolute Gasteiger partial charge is 0.416 e. The third-order valence-electron chi connectivity index (χ3n) is 2.82. The average molecular weight is 296 g/mol. The number of carboxylic acids is 1. The minimum absolute atomic E-state index is 0.0296. The van der Waals surface area contributed by atoms with E-state index >= 15 is 0 Å². The molecule has 0 saturated heterocycles. The lowest BCUT2D eigenvalue weighted by molar-refractivity contribution is -0.138. The molecule has 2 aromatic rings. The van der Waals surface area contributed by atoms with Gasteiger partial charge in [-0.2, -0.15) is 13.2 Å². The fraction of sp³-hybridized carbons (Fsp3) is 0.133. The lowest BCUT2D eigenvalue weighted by Gasteiger charge is -2.14. The number of ether oxygens (including phenoxy) is 1. The SMILES string of the molecule is O=C(O)c1ccccc1OCc1ccccc1C(F)(F)F. The summed E-state index contributed by atoms with van der Waals surface area (Å²) in [5, 5.41) is 8.99. The Hall–Kier alpha value is -2.50. The van der Waals surface area contributed by atoms with E-state index in [-0.39, 0.29) is 23.5 Å². The molecule has 1 N–H and O–H groups in total. The Morgan fingerprint density at radius 3 is 2.33 bits per heavy atom. The maximum Gasteiger partial charge on any atom is 0.416 e. The van der Waals surface area contributed by atoms with Crippen LogP contribution < -0.4 is 4.74 Å². The maximum absolute atomic E-state index is 12.8. The van der Waals surface area contributed by atoms with Gasteiger partial charge >= 0.3 is 12.1 Å². The summed E-state index contributed by atoms with van der Waals surface area (Å²) in [5.74, 6) is -1.17. The third kappa shape index (κ3) is 3.53. The highest BCUT2D eigenvalue weighted by atomic mass is 19.4. The monoisotopic (exact) mass is 296 g/mol. The zero-order valence-electron chi connectivity index (χ0n) is 10.7. The number of rotatable bonds is 4. The molecule has 0 unspecified atom stereocenters. The van der Waals surface area contributed by atoms with Crippen LogP contribution in [0, 0.1) is 0 Å². The van der Waals surface area contributed by atoms with Crippen molar-refractivity contribution in [2.24, 2.45) is 0 Å². The fourth-order valence-electron chi connectivity index (χ4n) is 1.85. The summed E-state index contributed by atoms with van der Waals surface area (Å²) in [6.45, 7) is -0.361. The van der Waals surface area contributed by atoms with Gasteiger partial charge in [0.2, 0.25) is 0 Å². The van der Waals surface area contributed by atoms with Crippen molar-refractivity contribution in [3.05, 3.63) is 65.2 Å². The minimum atomic E-state index is -4.48. The van der Waals surface area contributed by atoms with E-state index in [1.54, 1.807) is 6.07 Å². The zero-order chi connectivity index (χ0) is 15.5. The van der Waals surface area contributed by atoms with E-state index in [9.17, 15) is 18.0 Å². The molecule has 0 aliphatic rings. The minimum Gasteiger partial charge on any atom is -0.488 e. The van der Waals surface area contributed by atoms with Gasteiger partial charge in [0.25, 0.3) is 0 Å². The summed E-state index contributed by atoms with van der Waals surface area (Å²) in [7, 11) is 0. The van der Waals surface area contributed by atoms with Gasteiger partial charge < -0.3 is 9.84 Å². The maximum atomic E-state index is 12.8. The molecule has 3 nitrogen and oxygen atoms in total. The molecule has 2 aromatic carbocycles. The molecule has 21 heavy (non-hydrogen) atoms. The average Bonchev–Trinajstić information content (AvgIpc) is 2.44. The fourth-order valence-corrected chi connectivity index (χ4v) is 1.85. The number of hydrogen-bond donors (Lipinski definition) is 1. The third-order valence-corrected chi connectivity index (χ3v) is 2.82. The molecule has 0 radical (unpaired) electrons. The van der Waals surface area contributed by atoms with Crippen LogP contribution in [0.25, 0.3) is 0 Å². The van der Waals surface area contributed by atoms with Gasteiger partial charge in [-0.25, -0.2) is 4.79 Å². The highest BCUT2D eigenvalue weighted by Crippen LogP contribution is 2.32. The largest absolute Gasteiger partial charge is 0.488 e. The molecule has 0 saturated carbocycles. The molecule has 0 atom stereocenters. The van der Waals surface area contributed by atoms with Crippen molar-refractivity contribution in [1.82, 2.24) is 0 Å². The van der Waals surface area contributed by atoms with Crippen LogP contribution in [0.4, 0.5) is 13.2 Å². The molecule has 0 bridgehead atoms. The zero-order valence-corrected chi connectivity index (χ0v) is 10.7. The standard InChI is InChI=1S/C15H11F3O3/c16-15(17,18)12-7-3-1-5-10(12)9-21-13-8-4-2-6-11(13)14(19)20/h1-8H,9H2,(H,19,20). The topological polar surface area (TPSA) is 46.5 Å². The Labute approximate surface area is 118 Å². The molecule has 6 heteroatoms. The molecule has 0 aliphatic heterocycles. The number of benzene rings is 2. The number of alkyl halides is 3. The van der Waals surface area contributed by atoms with Crippen LogP contribution in [-0.4, -0.2) is 11.1 Å². The summed E-state index contributed by atoms with van der Waals surface area (Å²) < 4.78 is 43.7. The molecule has 110 valence electrons. The number of halogens is 3. The summed E-state index contributed by atoms with van der Waals surface area (Å²) in [4.78, 5) is 11.0. The Bertz CT molecular complexity index is 651. The van der Waals surface area contributed by atoms with Gasteiger partial charge in [-0.1, -0.05) is 30.3 Å². The molecule has 2 rings (SSSR count). The van der Waals surface area contributed by atoms with E-state index in [4.69, 9.17) is 9.84 Å². The van der Waals surface area contributed by atoms with Crippen molar-refractivity contribution < 1.29 is 27.8 Å². The van der Waals surface area contributed by atoms with Gasteiger partial charge in [-0.15, -0.1) is 0 Å². The highest BCUT2D eigenvalue weighted by molar-refractivity contribution is 5.90. The summed E-state index contributed by atoms with van der Waals surface area (Å²) in [6, 6.07) is 10.8. The first-order chi connectivity index (χ1) is 9.89. The highest BCUT2D eigenvalue weighted by Gasteiger charge is 2.33. The second-order valence-electron chi connectivity index (χ2n) is 4.24. The predicted octanol–water partition coefficient (Wildman–Crippen LogP) is 3.98. The van der Waals surface area contributed by atoms with Gasteiger partial charge in [0.1, 0.15) is 17.9 Å². The lowest BCUT2D eigenvalue weighted by Crippen LogP contribution is -2.11. The second kappa shape index (κ2) is 5.87. The van der Waals surface area contributed by atoms with Crippen LogP contribution in [0.1, 0.15) is 21.5 Å². The first-order valence-corrected chi connectivity index (χ1v) is 6.00. The molecular formula is C15H11F3O3. The molecule has 0 aromatic heterocycles. The van der Waals surface area contributed by atoms with Crippen LogP contribution in [0.15, 0.2) is 48.5 Å². The van der Waals surface area contributed by atoms with Crippen molar-refractivity contribution in [1.29, 1.82) is 0 Å². The van der Waals surface area contributed by atoms with Gasteiger partial charge in [0.15, 0.2) is 0 Å². The number of para-hydroxylation sites is 1. The van der Waals surface area contributed by atoms with E-state index in [1.807, 2.05) is 0 Å². The van der Waals surface area contributed by atoms with Crippen LogP contribution >= 0.6 is 0 Å². The summed E-state index contributed by atoms with van der Waals surface area (Å²) in [5.41, 5.74) is -0.940. The van der Waals surface area contributed by atoms with Crippen LogP contribution in [-0.2, 0) is 12.8 Å². The normalized spacial score (nSPS) is 11.2. The lowest BCUT2D eigenvalue weighted by atomic mass is 10.1. The number of carboxylic acid groups (broad SMARTS) is 1. The first kappa shape index (κ1) is 14.9. The summed E-state index contributed by atoms with van der Waals surface area (Å²) >= 11 is 0. The molecule has 0 fully saturated rings.